The van der Waals surface area contributed by atoms with Crippen LogP contribution in [0.15, 0.2) is 48.7 Å². The van der Waals surface area contributed by atoms with Crippen LogP contribution in [-0.2, 0) is 6.54 Å². The standard InChI is InChI=1S/C20H27N3O/c1-15(2)23(14-16-9-7-6-8-10-16)19(24)18-13-17(11-12-21-18)22-20(3,4)5/h6-13,15H,14H2,1-5H3,(H,21,22). The van der Waals surface area contributed by atoms with Gasteiger partial charge in [0, 0.05) is 30.0 Å². The monoisotopic (exact) mass is 325 g/mol. The molecule has 2 aromatic rings. The van der Waals surface area contributed by atoms with E-state index in [1.165, 1.54) is 0 Å². The van der Waals surface area contributed by atoms with Crippen molar-refractivity contribution in [2.24, 2.45) is 0 Å². The highest BCUT2D eigenvalue weighted by Gasteiger charge is 2.21. The Morgan fingerprint density at radius 3 is 2.42 bits per heavy atom. The maximum Gasteiger partial charge on any atom is 0.273 e. The molecule has 1 heterocycles. The molecule has 0 aliphatic rings. The molecule has 4 nitrogen and oxygen atoms in total. The molecular weight excluding hydrogens is 298 g/mol. The molecule has 4 heteroatoms. The number of hydrogen-bond acceptors (Lipinski definition) is 3. The van der Waals surface area contributed by atoms with Crippen LogP contribution in [0.1, 0.15) is 50.7 Å². The Morgan fingerprint density at radius 1 is 1.17 bits per heavy atom. The fourth-order valence-corrected chi connectivity index (χ4v) is 2.47. The minimum absolute atomic E-state index is 0.0496. The zero-order chi connectivity index (χ0) is 17.7. The molecule has 0 saturated heterocycles. The number of rotatable bonds is 5. The number of carbonyl (C=O) groups excluding carboxylic acids is 1. The van der Waals surface area contributed by atoms with E-state index in [-0.39, 0.29) is 17.5 Å². The van der Waals surface area contributed by atoms with Crippen LogP contribution in [0.4, 0.5) is 5.69 Å². The first-order valence-corrected chi connectivity index (χ1v) is 8.35. The summed E-state index contributed by atoms with van der Waals surface area (Å²) in [5, 5.41) is 3.38. The number of amides is 1. The second kappa shape index (κ2) is 7.47. The van der Waals surface area contributed by atoms with Gasteiger partial charge in [-0.25, -0.2) is 0 Å². The van der Waals surface area contributed by atoms with Gasteiger partial charge in [-0.05, 0) is 52.3 Å². The highest BCUT2D eigenvalue weighted by molar-refractivity contribution is 5.93. The Bertz CT molecular complexity index is 675. The predicted molar refractivity (Wildman–Crippen MR) is 99.1 cm³/mol. The number of pyridine rings is 1. The first-order chi connectivity index (χ1) is 11.3. The first-order valence-electron chi connectivity index (χ1n) is 8.35. The predicted octanol–water partition coefficient (Wildman–Crippen LogP) is 4.34. The molecule has 0 radical (unpaired) electrons. The van der Waals surface area contributed by atoms with E-state index < -0.39 is 0 Å². The van der Waals surface area contributed by atoms with Crippen LogP contribution in [0.25, 0.3) is 0 Å². The molecule has 2 rings (SSSR count). The van der Waals surface area contributed by atoms with E-state index in [9.17, 15) is 4.79 Å². The third-order valence-electron chi connectivity index (χ3n) is 3.58. The largest absolute Gasteiger partial charge is 0.380 e. The van der Waals surface area contributed by atoms with Crippen LogP contribution < -0.4 is 5.32 Å². The van der Waals surface area contributed by atoms with Gasteiger partial charge in [-0.15, -0.1) is 0 Å². The summed E-state index contributed by atoms with van der Waals surface area (Å²) in [5.74, 6) is -0.0496. The first kappa shape index (κ1) is 18.0. The molecule has 1 aromatic carbocycles. The molecule has 0 aliphatic carbocycles. The molecule has 0 spiro atoms. The average molecular weight is 325 g/mol. The minimum Gasteiger partial charge on any atom is -0.380 e. The SMILES string of the molecule is CC(C)N(Cc1ccccc1)C(=O)c1cc(NC(C)(C)C)ccn1. The van der Waals surface area contributed by atoms with E-state index in [1.807, 2.05) is 61.2 Å². The summed E-state index contributed by atoms with van der Waals surface area (Å²) in [6, 6.07) is 13.8. The third kappa shape index (κ3) is 5.08. The average Bonchev–Trinajstić information content (AvgIpc) is 2.51. The molecular formula is C20H27N3O. The van der Waals surface area contributed by atoms with Crippen molar-refractivity contribution >= 4 is 11.6 Å². The van der Waals surface area contributed by atoms with Crippen LogP contribution in [0.5, 0.6) is 0 Å². The quantitative estimate of drug-likeness (QED) is 0.889. The number of nitrogens with zero attached hydrogens (tertiary/aromatic N) is 2. The van der Waals surface area contributed by atoms with Crippen molar-refractivity contribution in [3.8, 4) is 0 Å². The van der Waals surface area contributed by atoms with Crippen LogP contribution in [0.3, 0.4) is 0 Å². The lowest BCUT2D eigenvalue weighted by atomic mass is 10.1. The molecule has 1 amide bonds. The summed E-state index contributed by atoms with van der Waals surface area (Å²) in [6.07, 6.45) is 1.68. The molecule has 0 aliphatic heterocycles. The second-order valence-corrected chi connectivity index (χ2v) is 7.32. The second-order valence-electron chi connectivity index (χ2n) is 7.32. The number of aromatic nitrogens is 1. The number of anilines is 1. The highest BCUT2D eigenvalue weighted by Crippen LogP contribution is 2.17. The lowest BCUT2D eigenvalue weighted by Gasteiger charge is -2.27. The van der Waals surface area contributed by atoms with Crippen LogP contribution in [0.2, 0.25) is 0 Å². The fourth-order valence-electron chi connectivity index (χ4n) is 2.47. The zero-order valence-corrected chi connectivity index (χ0v) is 15.2. The molecule has 0 atom stereocenters. The topological polar surface area (TPSA) is 45.2 Å². The van der Waals surface area contributed by atoms with Crippen LogP contribution in [0, 0.1) is 0 Å². The number of carbonyl (C=O) groups is 1. The highest BCUT2D eigenvalue weighted by atomic mass is 16.2. The molecule has 1 aromatic heterocycles. The molecule has 0 bridgehead atoms. The van der Waals surface area contributed by atoms with Crippen LogP contribution >= 0.6 is 0 Å². The summed E-state index contributed by atoms with van der Waals surface area (Å²) in [4.78, 5) is 19.1. The van der Waals surface area contributed by atoms with Gasteiger partial charge in [0.15, 0.2) is 0 Å². The molecule has 1 N–H and O–H groups in total. The fraction of sp³-hybridized carbons (Fsp3) is 0.400. The lowest BCUT2D eigenvalue weighted by molar-refractivity contribution is 0.0684. The molecule has 0 fully saturated rings. The smallest absolute Gasteiger partial charge is 0.273 e. The Balaban J connectivity index is 2.22. The minimum atomic E-state index is -0.0660. The van der Waals surface area contributed by atoms with E-state index in [0.29, 0.717) is 12.2 Å². The van der Waals surface area contributed by atoms with Gasteiger partial charge in [-0.2, -0.15) is 0 Å². The van der Waals surface area contributed by atoms with Gasteiger partial charge >= 0.3 is 0 Å². The summed E-state index contributed by atoms with van der Waals surface area (Å²) >= 11 is 0. The molecule has 128 valence electrons. The van der Waals surface area contributed by atoms with E-state index >= 15 is 0 Å². The Morgan fingerprint density at radius 2 is 1.83 bits per heavy atom. The Hall–Kier alpha value is -2.36. The van der Waals surface area contributed by atoms with Crippen molar-refractivity contribution in [2.75, 3.05) is 5.32 Å². The van der Waals surface area contributed by atoms with Crippen molar-refractivity contribution in [1.82, 2.24) is 9.88 Å². The maximum atomic E-state index is 12.9. The summed E-state index contributed by atoms with van der Waals surface area (Å²) in [5.41, 5.74) is 2.42. The molecule has 0 unspecified atom stereocenters. The zero-order valence-electron chi connectivity index (χ0n) is 15.2. The Kier molecular flexibility index (Phi) is 5.60. The number of benzene rings is 1. The van der Waals surface area contributed by atoms with E-state index in [1.54, 1.807) is 6.20 Å². The van der Waals surface area contributed by atoms with Gasteiger partial charge in [0.05, 0.1) is 0 Å². The summed E-state index contributed by atoms with van der Waals surface area (Å²) in [7, 11) is 0. The van der Waals surface area contributed by atoms with Gasteiger partial charge < -0.3 is 10.2 Å². The van der Waals surface area contributed by atoms with Gasteiger partial charge in [0.2, 0.25) is 0 Å². The van der Waals surface area contributed by atoms with Crippen molar-refractivity contribution in [2.45, 2.75) is 52.7 Å². The van der Waals surface area contributed by atoms with Gasteiger partial charge in [-0.1, -0.05) is 30.3 Å². The van der Waals surface area contributed by atoms with E-state index in [4.69, 9.17) is 0 Å². The van der Waals surface area contributed by atoms with Crippen molar-refractivity contribution in [3.05, 3.63) is 59.9 Å². The van der Waals surface area contributed by atoms with E-state index in [2.05, 4.69) is 31.1 Å². The molecule has 0 saturated carbocycles. The summed E-state index contributed by atoms with van der Waals surface area (Å²) < 4.78 is 0. The lowest BCUT2D eigenvalue weighted by Crippen LogP contribution is -2.37. The van der Waals surface area contributed by atoms with Crippen molar-refractivity contribution < 1.29 is 4.79 Å². The molecule has 24 heavy (non-hydrogen) atoms. The number of hydrogen-bond donors (Lipinski definition) is 1. The summed E-state index contributed by atoms with van der Waals surface area (Å²) in [6.45, 7) is 10.9. The number of nitrogens with one attached hydrogen (secondary N) is 1. The van der Waals surface area contributed by atoms with E-state index in [0.717, 1.165) is 11.3 Å². The third-order valence-corrected chi connectivity index (χ3v) is 3.58. The van der Waals surface area contributed by atoms with Crippen molar-refractivity contribution in [1.29, 1.82) is 0 Å². The normalized spacial score (nSPS) is 11.4. The Labute approximate surface area is 144 Å². The van der Waals surface area contributed by atoms with Crippen molar-refractivity contribution in [3.63, 3.8) is 0 Å². The maximum absolute atomic E-state index is 12.9. The van der Waals surface area contributed by atoms with Gasteiger partial charge in [0.1, 0.15) is 5.69 Å². The van der Waals surface area contributed by atoms with Gasteiger partial charge in [-0.3, -0.25) is 9.78 Å². The van der Waals surface area contributed by atoms with Gasteiger partial charge in [0.25, 0.3) is 5.91 Å². The van der Waals surface area contributed by atoms with Crippen LogP contribution in [-0.4, -0.2) is 27.4 Å².